The van der Waals surface area contributed by atoms with Gasteiger partial charge in [0.25, 0.3) is 0 Å². The molecule has 0 saturated carbocycles. The molecule has 14 heavy (non-hydrogen) atoms. The molecule has 0 atom stereocenters. The summed E-state index contributed by atoms with van der Waals surface area (Å²) in [4.78, 5) is 4.24. The summed E-state index contributed by atoms with van der Waals surface area (Å²) >= 11 is 5.70. The lowest BCUT2D eigenvalue weighted by molar-refractivity contribution is 0.630. The molecule has 0 aliphatic heterocycles. The number of hydrogen-bond acceptors (Lipinski definition) is 1. The lowest BCUT2D eigenvalue weighted by atomic mass is 10.1. The average Bonchev–Trinajstić information content (AvgIpc) is 2.08. The van der Waals surface area contributed by atoms with Crippen molar-refractivity contribution in [3.63, 3.8) is 0 Å². The maximum Gasteiger partial charge on any atom is 0.143 e. The Labute approximate surface area is 86.5 Å². The predicted octanol–water partition coefficient (Wildman–Crippen LogP) is 3.64. The van der Waals surface area contributed by atoms with Crippen molar-refractivity contribution in [1.29, 1.82) is 0 Å². The van der Waals surface area contributed by atoms with Crippen LogP contribution in [-0.2, 0) is 0 Å². The number of nitrogens with zero attached hydrogens (tertiary/aromatic N) is 1. The van der Waals surface area contributed by atoms with E-state index in [0.717, 1.165) is 16.6 Å². The Kier molecular flexibility index (Phi) is 2.16. The van der Waals surface area contributed by atoms with Crippen LogP contribution in [0.25, 0.3) is 10.9 Å². The molecule has 0 aliphatic carbocycles. The smallest absolute Gasteiger partial charge is 0.143 e. The first-order chi connectivity index (χ1) is 6.58. The van der Waals surface area contributed by atoms with Gasteiger partial charge in [-0.05, 0) is 31.5 Å². The zero-order chi connectivity index (χ0) is 10.3. The standard InChI is InChI=1S/C11H9ClFN/c1-6-3-7(2)14-11-5-10(13)9(12)4-8(6)11/h3-5H,1-2H3. The maximum absolute atomic E-state index is 13.1. The van der Waals surface area contributed by atoms with Gasteiger partial charge in [0.2, 0.25) is 0 Å². The first-order valence-corrected chi connectivity index (χ1v) is 4.69. The highest BCUT2D eigenvalue weighted by atomic mass is 35.5. The van der Waals surface area contributed by atoms with Crippen LogP contribution in [0.5, 0.6) is 0 Å². The van der Waals surface area contributed by atoms with Gasteiger partial charge >= 0.3 is 0 Å². The van der Waals surface area contributed by atoms with Crippen molar-refractivity contribution in [2.45, 2.75) is 13.8 Å². The number of benzene rings is 1. The number of pyridine rings is 1. The zero-order valence-corrected chi connectivity index (χ0v) is 8.69. The third-order valence-corrected chi connectivity index (χ3v) is 2.48. The second kappa shape index (κ2) is 3.21. The Morgan fingerprint density at radius 3 is 2.64 bits per heavy atom. The first kappa shape index (κ1) is 9.41. The summed E-state index contributed by atoms with van der Waals surface area (Å²) in [5, 5.41) is 1.05. The van der Waals surface area contributed by atoms with E-state index in [1.807, 2.05) is 19.9 Å². The van der Waals surface area contributed by atoms with E-state index < -0.39 is 5.82 Å². The molecule has 2 aromatic rings. The molecule has 1 aromatic heterocycles. The lowest BCUT2D eigenvalue weighted by Crippen LogP contribution is -1.89. The van der Waals surface area contributed by atoms with E-state index in [-0.39, 0.29) is 5.02 Å². The summed E-state index contributed by atoms with van der Waals surface area (Å²) in [6, 6.07) is 4.95. The molecule has 2 rings (SSSR count). The minimum atomic E-state index is -0.420. The van der Waals surface area contributed by atoms with Crippen LogP contribution in [0.2, 0.25) is 5.02 Å². The molecule has 0 spiro atoms. The third-order valence-electron chi connectivity index (χ3n) is 2.19. The summed E-state index contributed by atoms with van der Waals surface area (Å²) in [5.41, 5.74) is 2.61. The van der Waals surface area contributed by atoms with Gasteiger partial charge in [-0.3, -0.25) is 4.98 Å². The van der Waals surface area contributed by atoms with Gasteiger partial charge in [0.1, 0.15) is 5.82 Å². The molecule has 0 radical (unpaired) electrons. The van der Waals surface area contributed by atoms with Gasteiger partial charge in [0, 0.05) is 17.1 Å². The molecule has 1 heterocycles. The van der Waals surface area contributed by atoms with Crippen molar-refractivity contribution in [3.8, 4) is 0 Å². The molecular weight excluding hydrogens is 201 g/mol. The van der Waals surface area contributed by atoms with Crippen LogP contribution in [-0.4, -0.2) is 4.98 Å². The molecule has 0 fully saturated rings. The Hall–Kier alpha value is -1.15. The van der Waals surface area contributed by atoms with Gasteiger partial charge < -0.3 is 0 Å². The van der Waals surface area contributed by atoms with Gasteiger partial charge in [-0.1, -0.05) is 11.6 Å². The fourth-order valence-corrected chi connectivity index (χ4v) is 1.72. The van der Waals surface area contributed by atoms with Crippen molar-refractivity contribution in [2.75, 3.05) is 0 Å². The quantitative estimate of drug-likeness (QED) is 0.646. The fraction of sp³-hybridized carbons (Fsp3) is 0.182. The number of halogens is 2. The largest absolute Gasteiger partial charge is 0.253 e. The summed E-state index contributed by atoms with van der Waals surface area (Å²) in [5.74, 6) is -0.420. The summed E-state index contributed by atoms with van der Waals surface area (Å²) < 4.78 is 13.1. The minimum Gasteiger partial charge on any atom is -0.253 e. The van der Waals surface area contributed by atoms with Crippen LogP contribution in [0.1, 0.15) is 11.3 Å². The van der Waals surface area contributed by atoms with E-state index >= 15 is 0 Å². The lowest BCUT2D eigenvalue weighted by Gasteiger charge is -2.04. The van der Waals surface area contributed by atoms with Crippen LogP contribution in [0.4, 0.5) is 4.39 Å². The maximum atomic E-state index is 13.1. The molecule has 1 aromatic carbocycles. The summed E-state index contributed by atoms with van der Waals surface area (Å²) in [7, 11) is 0. The molecule has 0 unspecified atom stereocenters. The monoisotopic (exact) mass is 209 g/mol. The van der Waals surface area contributed by atoms with Crippen LogP contribution < -0.4 is 0 Å². The van der Waals surface area contributed by atoms with Crippen molar-refractivity contribution >= 4 is 22.5 Å². The molecule has 0 bridgehead atoms. The first-order valence-electron chi connectivity index (χ1n) is 4.31. The summed E-state index contributed by atoms with van der Waals surface area (Å²) in [6.45, 7) is 3.85. The molecule has 0 amide bonds. The highest BCUT2D eigenvalue weighted by Gasteiger charge is 2.05. The Bertz CT molecular complexity index is 508. The fourth-order valence-electron chi connectivity index (χ4n) is 1.56. The van der Waals surface area contributed by atoms with Crippen molar-refractivity contribution in [1.82, 2.24) is 4.98 Å². The van der Waals surface area contributed by atoms with E-state index in [0.29, 0.717) is 5.52 Å². The topological polar surface area (TPSA) is 12.9 Å². The SMILES string of the molecule is Cc1cc(C)c2cc(Cl)c(F)cc2n1. The number of hydrogen-bond donors (Lipinski definition) is 0. The molecule has 72 valence electrons. The molecule has 0 aliphatic rings. The van der Waals surface area contributed by atoms with E-state index in [1.54, 1.807) is 6.07 Å². The van der Waals surface area contributed by atoms with E-state index in [2.05, 4.69) is 4.98 Å². The highest BCUT2D eigenvalue weighted by Crippen LogP contribution is 2.24. The van der Waals surface area contributed by atoms with Crippen LogP contribution in [0.15, 0.2) is 18.2 Å². The Morgan fingerprint density at radius 1 is 1.21 bits per heavy atom. The van der Waals surface area contributed by atoms with Gasteiger partial charge in [0.15, 0.2) is 0 Å². The zero-order valence-electron chi connectivity index (χ0n) is 7.94. The van der Waals surface area contributed by atoms with Crippen molar-refractivity contribution < 1.29 is 4.39 Å². The van der Waals surface area contributed by atoms with Crippen LogP contribution in [0, 0.1) is 19.7 Å². The second-order valence-electron chi connectivity index (χ2n) is 3.36. The van der Waals surface area contributed by atoms with Gasteiger partial charge in [-0.2, -0.15) is 0 Å². The summed E-state index contributed by atoms with van der Waals surface area (Å²) in [6.07, 6.45) is 0. The molecular formula is C11H9ClFN. The van der Waals surface area contributed by atoms with Gasteiger partial charge in [-0.15, -0.1) is 0 Å². The van der Waals surface area contributed by atoms with E-state index in [1.165, 1.54) is 6.07 Å². The van der Waals surface area contributed by atoms with E-state index in [9.17, 15) is 4.39 Å². The number of aromatic nitrogens is 1. The average molecular weight is 210 g/mol. The molecule has 1 nitrogen and oxygen atoms in total. The third kappa shape index (κ3) is 1.46. The predicted molar refractivity (Wildman–Crippen MR) is 56.2 cm³/mol. The van der Waals surface area contributed by atoms with Crippen molar-refractivity contribution in [2.24, 2.45) is 0 Å². The van der Waals surface area contributed by atoms with Crippen LogP contribution >= 0.6 is 11.6 Å². The van der Waals surface area contributed by atoms with Gasteiger partial charge in [-0.25, -0.2) is 4.39 Å². The van der Waals surface area contributed by atoms with Crippen molar-refractivity contribution in [3.05, 3.63) is 40.3 Å². The highest BCUT2D eigenvalue weighted by molar-refractivity contribution is 6.31. The van der Waals surface area contributed by atoms with Gasteiger partial charge in [0.05, 0.1) is 10.5 Å². The number of fused-ring (bicyclic) bond motifs is 1. The molecule has 3 heteroatoms. The molecule has 0 N–H and O–H groups in total. The Morgan fingerprint density at radius 2 is 1.93 bits per heavy atom. The minimum absolute atomic E-state index is 0.145. The normalized spacial score (nSPS) is 10.9. The molecule has 0 saturated heterocycles. The Balaban J connectivity index is 2.89. The van der Waals surface area contributed by atoms with Crippen LogP contribution in [0.3, 0.4) is 0 Å². The van der Waals surface area contributed by atoms with E-state index in [4.69, 9.17) is 11.6 Å². The second-order valence-corrected chi connectivity index (χ2v) is 3.77. The number of rotatable bonds is 0. The number of aryl methyl sites for hydroxylation is 2.